The van der Waals surface area contributed by atoms with Crippen LogP contribution in [0, 0.1) is 18.6 Å². The summed E-state index contributed by atoms with van der Waals surface area (Å²) in [6.45, 7) is 9.18. The molecule has 6 nitrogen and oxygen atoms in total. The van der Waals surface area contributed by atoms with Gasteiger partial charge in [-0.2, -0.15) is 4.31 Å². The lowest BCUT2D eigenvalue weighted by molar-refractivity contribution is -0.117. The minimum absolute atomic E-state index is 0.136. The van der Waals surface area contributed by atoms with Gasteiger partial charge in [0.05, 0.1) is 10.9 Å². The maximum absolute atomic E-state index is 14.0. The Morgan fingerprint density at radius 1 is 1.06 bits per heavy atom. The number of nitrogens with zero attached hydrogens (tertiary/aromatic N) is 1. The number of hydrogen-bond donors (Lipinski definition) is 2. The van der Waals surface area contributed by atoms with Crippen molar-refractivity contribution in [2.45, 2.75) is 51.6 Å². The van der Waals surface area contributed by atoms with E-state index < -0.39 is 39.6 Å². The van der Waals surface area contributed by atoms with Gasteiger partial charge in [0.15, 0.2) is 0 Å². The maximum atomic E-state index is 14.0. The van der Waals surface area contributed by atoms with Crippen LogP contribution in [-0.2, 0) is 14.8 Å². The molecule has 2 rings (SSSR count). The van der Waals surface area contributed by atoms with E-state index in [9.17, 15) is 22.0 Å². The lowest BCUT2D eigenvalue weighted by Crippen LogP contribution is -2.39. The summed E-state index contributed by atoms with van der Waals surface area (Å²) in [5.41, 5.74) is 1.16. The van der Waals surface area contributed by atoms with Crippen molar-refractivity contribution in [1.82, 2.24) is 9.62 Å². The SMILES string of the molecule is CCN(CC)S(=O)(=O)c1cc(NC(=O)[C@H](C)N[C@H](C)c2ccc(F)cc2F)ccc1C. The van der Waals surface area contributed by atoms with Crippen LogP contribution in [0.25, 0.3) is 0 Å². The monoisotopic (exact) mass is 453 g/mol. The third kappa shape index (κ3) is 5.87. The molecule has 0 radical (unpaired) electrons. The standard InChI is InChI=1S/C22H29F2N3O3S/c1-6-27(7-2)31(29,30)21-13-18(10-8-14(21)3)26-22(28)16(5)25-15(4)19-11-9-17(23)12-20(19)24/h8-13,15-16,25H,6-7H2,1-5H3,(H,26,28)/t15-,16+/m1/s1. The zero-order valence-electron chi connectivity index (χ0n) is 18.4. The van der Waals surface area contributed by atoms with E-state index in [0.717, 1.165) is 12.1 Å². The van der Waals surface area contributed by atoms with Crippen molar-refractivity contribution in [2.24, 2.45) is 0 Å². The molecule has 31 heavy (non-hydrogen) atoms. The number of carbonyl (C=O) groups excluding carboxylic acids is 1. The Morgan fingerprint density at radius 3 is 2.29 bits per heavy atom. The first-order valence-electron chi connectivity index (χ1n) is 10.1. The fourth-order valence-electron chi connectivity index (χ4n) is 3.30. The van der Waals surface area contributed by atoms with Gasteiger partial charge >= 0.3 is 0 Å². The van der Waals surface area contributed by atoms with Gasteiger partial charge < -0.3 is 5.32 Å². The van der Waals surface area contributed by atoms with Crippen LogP contribution < -0.4 is 10.6 Å². The van der Waals surface area contributed by atoms with E-state index in [1.54, 1.807) is 46.8 Å². The molecule has 0 fully saturated rings. The summed E-state index contributed by atoms with van der Waals surface area (Å²) in [6, 6.07) is 6.73. The van der Waals surface area contributed by atoms with Gasteiger partial charge in [-0.1, -0.05) is 26.0 Å². The minimum Gasteiger partial charge on any atom is -0.325 e. The van der Waals surface area contributed by atoms with Gasteiger partial charge in [0, 0.05) is 36.4 Å². The van der Waals surface area contributed by atoms with Crippen molar-refractivity contribution in [3.8, 4) is 0 Å². The van der Waals surface area contributed by atoms with Crippen molar-refractivity contribution in [1.29, 1.82) is 0 Å². The summed E-state index contributed by atoms with van der Waals surface area (Å²) in [5.74, 6) is -1.78. The number of aryl methyl sites for hydroxylation is 1. The fraction of sp³-hybridized carbons (Fsp3) is 0.409. The molecule has 0 bridgehead atoms. The molecule has 0 saturated heterocycles. The molecule has 0 saturated carbocycles. The van der Waals surface area contributed by atoms with Crippen molar-refractivity contribution in [2.75, 3.05) is 18.4 Å². The van der Waals surface area contributed by atoms with Gasteiger partial charge in [-0.15, -0.1) is 0 Å². The second kappa shape index (κ2) is 10.3. The second-order valence-corrected chi connectivity index (χ2v) is 9.24. The zero-order valence-corrected chi connectivity index (χ0v) is 19.2. The Morgan fingerprint density at radius 2 is 1.71 bits per heavy atom. The topological polar surface area (TPSA) is 78.5 Å². The minimum atomic E-state index is -3.68. The first kappa shape index (κ1) is 24.9. The van der Waals surface area contributed by atoms with E-state index in [0.29, 0.717) is 24.3 Å². The second-order valence-electron chi connectivity index (χ2n) is 7.33. The Balaban J connectivity index is 2.16. The van der Waals surface area contributed by atoms with Gasteiger partial charge in [0.1, 0.15) is 11.6 Å². The number of carbonyl (C=O) groups is 1. The highest BCUT2D eigenvalue weighted by molar-refractivity contribution is 7.89. The summed E-state index contributed by atoms with van der Waals surface area (Å²) >= 11 is 0. The molecular formula is C22H29F2N3O3S. The molecule has 0 spiro atoms. The smallest absolute Gasteiger partial charge is 0.243 e. The van der Waals surface area contributed by atoms with Crippen LogP contribution in [0.15, 0.2) is 41.3 Å². The fourth-order valence-corrected chi connectivity index (χ4v) is 5.01. The molecule has 0 aromatic heterocycles. The summed E-state index contributed by atoms with van der Waals surface area (Å²) in [6.07, 6.45) is 0. The number of amides is 1. The van der Waals surface area contributed by atoms with E-state index in [2.05, 4.69) is 10.6 Å². The molecule has 2 N–H and O–H groups in total. The molecule has 0 unspecified atom stereocenters. The number of halogens is 2. The van der Waals surface area contributed by atoms with E-state index in [-0.39, 0.29) is 10.5 Å². The highest BCUT2D eigenvalue weighted by atomic mass is 32.2. The lowest BCUT2D eigenvalue weighted by atomic mass is 10.1. The van der Waals surface area contributed by atoms with E-state index in [4.69, 9.17) is 0 Å². The van der Waals surface area contributed by atoms with Crippen molar-refractivity contribution in [3.63, 3.8) is 0 Å². The third-order valence-corrected chi connectivity index (χ3v) is 7.29. The Hall–Kier alpha value is -2.36. The summed E-state index contributed by atoms with van der Waals surface area (Å²) < 4.78 is 54.2. The van der Waals surface area contributed by atoms with Gasteiger partial charge in [-0.05, 0) is 44.5 Å². The van der Waals surface area contributed by atoms with Crippen molar-refractivity contribution >= 4 is 21.6 Å². The van der Waals surface area contributed by atoms with Crippen LogP contribution in [0.1, 0.15) is 44.9 Å². The van der Waals surface area contributed by atoms with Crippen LogP contribution in [0.2, 0.25) is 0 Å². The van der Waals surface area contributed by atoms with E-state index in [1.807, 2.05) is 0 Å². The van der Waals surface area contributed by atoms with Crippen molar-refractivity contribution < 1.29 is 22.0 Å². The molecule has 0 aliphatic carbocycles. The average molecular weight is 454 g/mol. The summed E-state index contributed by atoms with van der Waals surface area (Å²) in [7, 11) is -3.68. The van der Waals surface area contributed by atoms with Gasteiger partial charge in [-0.25, -0.2) is 17.2 Å². The van der Waals surface area contributed by atoms with Crippen LogP contribution in [0.5, 0.6) is 0 Å². The quantitative estimate of drug-likeness (QED) is 0.602. The van der Waals surface area contributed by atoms with Crippen molar-refractivity contribution in [3.05, 3.63) is 59.2 Å². The lowest BCUT2D eigenvalue weighted by Gasteiger charge is -2.22. The molecular weight excluding hydrogens is 424 g/mol. The molecule has 9 heteroatoms. The molecule has 1 amide bonds. The number of hydrogen-bond acceptors (Lipinski definition) is 4. The normalized spacial score (nSPS) is 13.8. The van der Waals surface area contributed by atoms with Gasteiger partial charge in [0.2, 0.25) is 15.9 Å². The molecule has 2 aromatic carbocycles. The third-order valence-electron chi connectivity index (χ3n) is 5.10. The predicted molar refractivity (Wildman–Crippen MR) is 117 cm³/mol. The molecule has 170 valence electrons. The zero-order chi connectivity index (χ0) is 23.3. The highest BCUT2D eigenvalue weighted by Crippen LogP contribution is 2.24. The molecule has 0 aliphatic heterocycles. The average Bonchev–Trinajstić information content (AvgIpc) is 2.69. The maximum Gasteiger partial charge on any atom is 0.243 e. The summed E-state index contributed by atoms with van der Waals surface area (Å²) in [5, 5.41) is 5.67. The number of benzene rings is 2. The van der Waals surface area contributed by atoms with Crippen LogP contribution in [0.4, 0.5) is 14.5 Å². The largest absolute Gasteiger partial charge is 0.325 e. The Bertz CT molecular complexity index is 1040. The molecule has 2 aromatic rings. The number of sulfonamides is 1. The van der Waals surface area contributed by atoms with Gasteiger partial charge in [0.25, 0.3) is 0 Å². The van der Waals surface area contributed by atoms with Gasteiger partial charge in [-0.3, -0.25) is 10.1 Å². The van der Waals surface area contributed by atoms with Crippen LogP contribution in [0.3, 0.4) is 0 Å². The molecule has 0 aliphatic rings. The van der Waals surface area contributed by atoms with E-state index >= 15 is 0 Å². The number of nitrogens with one attached hydrogen (secondary N) is 2. The predicted octanol–water partition coefficient (Wildman–Crippen LogP) is 3.98. The van der Waals surface area contributed by atoms with E-state index in [1.165, 1.54) is 16.4 Å². The Kier molecular flexibility index (Phi) is 8.27. The molecule has 0 heterocycles. The first-order valence-corrected chi connectivity index (χ1v) is 11.6. The molecule has 2 atom stereocenters. The number of rotatable bonds is 9. The highest BCUT2D eigenvalue weighted by Gasteiger charge is 2.25. The summed E-state index contributed by atoms with van der Waals surface area (Å²) in [4.78, 5) is 12.8. The Labute approximate surface area is 182 Å². The number of anilines is 1. The van der Waals surface area contributed by atoms with Crippen LogP contribution >= 0.6 is 0 Å². The first-order chi connectivity index (χ1) is 14.5. The van der Waals surface area contributed by atoms with Crippen LogP contribution in [-0.4, -0.2) is 37.8 Å².